The Kier molecular flexibility index (Phi) is 7.50. The Bertz CT molecular complexity index is 1200. The average Bonchev–Trinajstić information content (AvgIpc) is 3.60. The number of carboxylic acids is 1. The van der Waals surface area contributed by atoms with Crippen LogP contribution in [0.1, 0.15) is 63.4 Å². The fourth-order valence-electron chi connectivity index (χ4n) is 4.40. The molecule has 0 spiro atoms. The van der Waals surface area contributed by atoms with Gasteiger partial charge in [-0.25, -0.2) is 9.78 Å². The molecule has 1 aromatic carbocycles. The van der Waals surface area contributed by atoms with Gasteiger partial charge in [0.05, 0.1) is 31.0 Å². The standard InChI is InChI=1S/C27H31N3O4S/c1-4-19-7-5-8-20(15-19)9-6-14-30(17-23-29-24(25(31)32)18(2)35-23)26(33)27(12-13-27)22-11-10-21(34-3)16-28-22/h5,7-8,10-11,15-16H,4,6,9,12-14,17H2,1-3H3,(H,31,32). The molecule has 8 heteroatoms. The van der Waals surface area contributed by atoms with Gasteiger partial charge in [-0.1, -0.05) is 31.2 Å². The van der Waals surface area contributed by atoms with Gasteiger partial charge in [0.2, 0.25) is 5.91 Å². The largest absolute Gasteiger partial charge is 0.495 e. The van der Waals surface area contributed by atoms with Crippen LogP contribution in [0.4, 0.5) is 0 Å². The third-order valence-electron chi connectivity index (χ3n) is 6.57. The minimum Gasteiger partial charge on any atom is -0.495 e. The Hall–Kier alpha value is -3.26. The van der Waals surface area contributed by atoms with Gasteiger partial charge in [0.1, 0.15) is 10.8 Å². The van der Waals surface area contributed by atoms with Crippen LogP contribution < -0.4 is 4.74 Å². The van der Waals surface area contributed by atoms with E-state index in [1.807, 2.05) is 17.0 Å². The second-order valence-corrected chi connectivity index (χ2v) is 10.3. The summed E-state index contributed by atoms with van der Waals surface area (Å²) < 4.78 is 5.22. The average molecular weight is 494 g/mol. The number of ether oxygens (including phenoxy) is 1. The lowest BCUT2D eigenvalue weighted by Gasteiger charge is -2.27. The quantitative estimate of drug-likeness (QED) is 0.412. The SMILES string of the molecule is CCc1cccc(CCCN(Cc2nc(C(=O)O)c(C)s2)C(=O)C2(c3ccc(OC)cn3)CC2)c1. The molecule has 1 saturated carbocycles. The van der Waals surface area contributed by atoms with Crippen LogP contribution in [0.3, 0.4) is 0 Å². The summed E-state index contributed by atoms with van der Waals surface area (Å²) >= 11 is 1.34. The lowest BCUT2D eigenvalue weighted by atomic mass is 9.99. The van der Waals surface area contributed by atoms with E-state index in [0.717, 1.165) is 37.8 Å². The van der Waals surface area contributed by atoms with Crippen molar-refractivity contribution in [1.29, 1.82) is 0 Å². The zero-order valence-corrected chi connectivity index (χ0v) is 21.2. The van der Waals surface area contributed by atoms with E-state index >= 15 is 0 Å². The van der Waals surface area contributed by atoms with E-state index in [4.69, 9.17) is 4.74 Å². The number of hydrogen-bond donors (Lipinski definition) is 1. The number of benzene rings is 1. The molecule has 2 aromatic heterocycles. The smallest absolute Gasteiger partial charge is 0.355 e. The Morgan fingerprint density at radius 2 is 1.97 bits per heavy atom. The molecule has 1 aliphatic carbocycles. The zero-order chi connectivity index (χ0) is 25.0. The Morgan fingerprint density at radius 3 is 2.57 bits per heavy atom. The van der Waals surface area contributed by atoms with Crippen LogP contribution in [0.5, 0.6) is 5.75 Å². The van der Waals surface area contributed by atoms with Crippen LogP contribution in [-0.4, -0.2) is 45.5 Å². The molecule has 0 bridgehead atoms. The van der Waals surface area contributed by atoms with Crippen LogP contribution in [0.25, 0.3) is 0 Å². The van der Waals surface area contributed by atoms with Crippen molar-refractivity contribution in [3.63, 3.8) is 0 Å². The van der Waals surface area contributed by atoms with Gasteiger partial charge in [-0.15, -0.1) is 11.3 Å². The summed E-state index contributed by atoms with van der Waals surface area (Å²) in [5.41, 5.74) is 2.75. The summed E-state index contributed by atoms with van der Waals surface area (Å²) in [5.74, 6) is -0.357. The third-order valence-corrected chi connectivity index (χ3v) is 7.53. The predicted octanol–water partition coefficient (Wildman–Crippen LogP) is 4.81. The molecule has 1 fully saturated rings. The van der Waals surface area contributed by atoms with Gasteiger partial charge in [-0.2, -0.15) is 0 Å². The molecule has 2 heterocycles. The number of carbonyl (C=O) groups is 2. The minimum atomic E-state index is -1.04. The number of rotatable bonds is 11. The molecule has 0 aliphatic heterocycles. The van der Waals surface area contributed by atoms with Crippen LogP contribution in [-0.2, 0) is 29.6 Å². The molecule has 0 radical (unpaired) electrons. The number of carboxylic acid groups (broad SMARTS) is 1. The van der Waals surface area contributed by atoms with E-state index in [0.29, 0.717) is 28.7 Å². The van der Waals surface area contributed by atoms with Crippen molar-refractivity contribution in [1.82, 2.24) is 14.9 Å². The van der Waals surface area contributed by atoms with Crippen molar-refractivity contribution in [2.45, 2.75) is 57.9 Å². The van der Waals surface area contributed by atoms with Crippen LogP contribution in [0.15, 0.2) is 42.6 Å². The second kappa shape index (κ2) is 10.6. The summed E-state index contributed by atoms with van der Waals surface area (Å²) in [7, 11) is 1.59. The van der Waals surface area contributed by atoms with Crippen molar-refractivity contribution >= 4 is 23.2 Å². The summed E-state index contributed by atoms with van der Waals surface area (Å²) in [6.45, 7) is 4.75. The van der Waals surface area contributed by atoms with Gasteiger partial charge < -0.3 is 14.7 Å². The maximum atomic E-state index is 13.9. The second-order valence-electron chi connectivity index (χ2n) is 8.99. The zero-order valence-electron chi connectivity index (χ0n) is 20.4. The minimum absolute atomic E-state index is 0.0298. The van der Waals surface area contributed by atoms with Crippen LogP contribution >= 0.6 is 11.3 Å². The molecule has 184 valence electrons. The van der Waals surface area contributed by atoms with E-state index in [2.05, 4.69) is 41.2 Å². The maximum Gasteiger partial charge on any atom is 0.355 e. The summed E-state index contributed by atoms with van der Waals surface area (Å²) in [5, 5.41) is 10.0. The molecule has 0 saturated heterocycles. The van der Waals surface area contributed by atoms with E-state index in [-0.39, 0.29) is 11.6 Å². The number of aryl methyl sites for hydroxylation is 3. The summed E-state index contributed by atoms with van der Waals surface area (Å²) in [4.78, 5) is 36.7. The number of aromatic nitrogens is 2. The number of pyridine rings is 1. The highest BCUT2D eigenvalue weighted by Crippen LogP contribution is 2.49. The number of methoxy groups -OCH3 is 1. The fraction of sp³-hybridized carbons (Fsp3) is 0.407. The maximum absolute atomic E-state index is 13.9. The first-order chi connectivity index (χ1) is 16.9. The highest BCUT2D eigenvalue weighted by molar-refractivity contribution is 7.11. The Morgan fingerprint density at radius 1 is 1.20 bits per heavy atom. The van der Waals surface area contributed by atoms with Gasteiger partial charge in [0, 0.05) is 11.4 Å². The van der Waals surface area contributed by atoms with Crippen molar-refractivity contribution in [3.8, 4) is 5.75 Å². The van der Waals surface area contributed by atoms with Crippen LogP contribution in [0.2, 0.25) is 0 Å². The lowest BCUT2D eigenvalue weighted by molar-refractivity contribution is -0.134. The number of nitrogens with zero attached hydrogens (tertiary/aromatic N) is 3. The normalized spacial score (nSPS) is 13.9. The molecule has 1 N–H and O–H groups in total. The molecule has 0 atom stereocenters. The highest BCUT2D eigenvalue weighted by Gasteiger charge is 2.54. The number of hydrogen-bond acceptors (Lipinski definition) is 6. The van der Waals surface area contributed by atoms with Gasteiger partial charge in [0.25, 0.3) is 0 Å². The number of aromatic carboxylic acids is 1. The molecule has 35 heavy (non-hydrogen) atoms. The van der Waals surface area contributed by atoms with Crippen molar-refractivity contribution in [2.75, 3.05) is 13.7 Å². The number of amides is 1. The van der Waals surface area contributed by atoms with Gasteiger partial charge >= 0.3 is 5.97 Å². The third kappa shape index (κ3) is 5.53. The van der Waals surface area contributed by atoms with E-state index in [1.165, 1.54) is 22.5 Å². The first-order valence-electron chi connectivity index (χ1n) is 11.9. The van der Waals surface area contributed by atoms with E-state index in [9.17, 15) is 14.7 Å². The summed E-state index contributed by atoms with van der Waals surface area (Å²) in [6.07, 6.45) is 5.81. The number of carbonyl (C=O) groups excluding carboxylic acids is 1. The molecular weight excluding hydrogens is 462 g/mol. The summed E-state index contributed by atoms with van der Waals surface area (Å²) in [6, 6.07) is 12.3. The number of thiazole rings is 1. The molecule has 0 unspecified atom stereocenters. The van der Waals surface area contributed by atoms with Crippen molar-refractivity contribution in [3.05, 3.63) is 75.0 Å². The molecule has 1 aliphatic rings. The molecule has 7 nitrogen and oxygen atoms in total. The van der Waals surface area contributed by atoms with Gasteiger partial charge in [0.15, 0.2) is 5.69 Å². The van der Waals surface area contributed by atoms with Crippen molar-refractivity contribution in [2.24, 2.45) is 0 Å². The molecular formula is C27H31N3O4S. The monoisotopic (exact) mass is 493 g/mol. The Labute approximate surface area is 209 Å². The topological polar surface area (TPSA) is 92.6 Å². The lowest BCUT2D eigenvalue weighted by Crippen LogP contribution is -2.40. The highest BCUT2D eigenvalue weighted by atomic mass is 32.1. The van der Waals surface area contributed by atoms with Gasteiger partial charge in [-0.3, -0.25) is 9.78 Å². The molecule has 4 rings (SSSR count). The van der Waals surface area contributed by atoms with E-state index in [1.54, 1.807) is 20.2 Å². The van der Waals surface area contributed by atoms with E-state index < -0.39 is 11.4 Å². The first-order valence-corrected chi connectivity index (χ1v) is 12.7. The van der Waals surface area contributed by atoms with Crippen molar-refractivity contribution < 1.29 is 19.4 Å². The van der Waals surface area contributed by atoms with Gasteiger partial charge in [-0.05, 0) is 62.3 Å². The Balaban J connectivity index is 1.54. The van der Waals surface area contributed by atoms with Crippen LogP contribution in [0, 0.1) is 6.92 Å². The molecule has 1 amide bonds. The molecule has 3 aromatic rings. The first kappa shape index (κ1) is 24.9. The predicted molar refractivity (Wildman–Crippen MR) is 135 cm³/mol. The fourth-order valence-corrected chi connectivity index (χ4v) is 5.34.